The largest absolute Gasteiger partial charge is 0.465 e. The maximum Gasteiger partial charge on any atom is 0.337 e. The van der Waals surface area contributed by atoms with Crippen molar-refractivity contribution in [3.05, 3.63) is 46.0 Å². The first kappa shape index (κ1) is 17.6. The summed E-state index contributed by atoms with van der Waals surface area (Å²) in [6, 6.07) is 6.80. The van der Waals surface area contributed by atoms with Crippen molar-refractivity contribution >= 4 is 33.4 Å². The lowest BCUT2D eigenvalue weighted by Gasteiger charge is -2.01. The Hall–Kier alpha value is -3.18. The van der Waals surface area contributed by atoms with E-state index in [0.29, 0.717) is 10.4 Å². The number of hydrogen-bond donors (Lipinski definition) is 0. The molecule has 0 unspecified atom stereocenters. The Morgan fingerprint density at radius 3 is 2.77 bits per heavy atom. The van der Waals surface area contributed by atoms with E-state index in [1.807, 2.05) is 6.92 Å². The van der Waals surface area contributed by atoms with E-state index in [4.69, 9.17) is 11.2 Å². The summed E-state index contributed by atoms with van der Waals surface area (Å²) in [5, 5.41) is 4.15. The fourth-order valence-electron chi connectivity index (χ4n) is 2.46. The molecule has 2 heterocycles. The summed E-state index contributed by atoms with van der Waals surface area (Å²) in [4.78, 5) is 28.8. The molecule has 0 spiro atoms. The number of esters is 1. The number of rotatable bonds is 3. The Morgan fingerprint density at radius 2 is 2.15 bits per heavy atom. The highest BCUT2D eigenvalue weighted by molar-refractivity contribution is 7.16. The molecule has 0 aliphatic heterocycles. The number of nitrogens with zero attached hydrogens (tertiary/aromatic N) is 4. The van der Waals surface area contributed by atoms with Gasteiger partial charge in [-0.1, -0.05) is 17.3 Å². The number of carbonyl (C=O) groups is 2. The minimum atomic E-state index is -0.445. The molecule has 0 aliphatic carbocycles. The molecule has 3 aromatic rings. The van der Waals surface area contributed by atoms with Crippen molar-refractivity contribution < 1.29 is 14.3 Å². The van der Waals surface area contributed by atoms with E-state index in [-0.39, 0.29) is 12.2 Å². The molecule has 0 saturated heterocycles. The zero-order chi connectivity index (χ0) is 18.8. The Labute approximate surface area is 153 Å². The van der Waals surface area contributed by atoms with E-state index >= 15 is 0 Å². The maximum atomic E-state index is 12.5. The summed E-state index contributed by atoms with van der Waals surface area (Å²) in [6.45, 7) is 2.11. The summed E-state index contributed by atoms with van der Waals surface area (Å²) in [5.41, 5.74) is 2.35. The van der Waals surface area contributed by atoms with E-state index in [1.165, 1.54) is 18.4 Å². The van der Waals surface area contributed by atoms with E-state index in [9.17, 15) is 9.59 Å². The van der Waals surface area contributed by atoms with Gasteiger partial charge in [-0.05, 0) is 31.2 Å². The van der Waals surface area contributed by atoms with Gasteiger partial charge in [-0.3, -0.25) is 9.48 Å². The predicted octanol–water partition coefficient (Wildman–Crippen LogP) is 1.91. The van der Waals surface area contributed by atoms with Gasteiger partial charge in [-0.15, -0.1) is 6.42 Å². The summed E-state index contributed by atoms with van der Waals surface area (Å²) >= 11 is 1.28. The molecular formula is C18H16N4O3S. The highest BCUT2D eigenvalue weighted by Crippen LogP contribution is 2.20. The first-order chi connectivity index (χ1) is 12.4. The highest BCUT2D eigenvalue weighted by Gasteiger charge is 2.14. The van der Waals surface area contributed by atoms with Crippen molar-refractivity contribution in [2.75, 3.05) is 7.11 Å². The predicted molar refractivity (Wildman–Crippen MR) is 97.8 cm³/mol. The van der Waals surface area contributed by atoms with Crippen LogP contribution < -0.4 is 4.80 Å². The van der Waals surface area contributed by atoms with Gasteiger partial charge < -0.3 is 9.30 Å². The Kier molecular flexibility index (Phi) is 4.73. The molecule has 1 aromatic carbocycles. The highest BCUT2D eigenvalue weighted by atomic mass is 32.1. The van der Waals surface area contributed by atoms with Crippen molar-refractivity contribution in [3.63, 3.8) is 0 Å². The zero-order valence-corrected chi connectivity index (χ0v) is 15.3. The van der Waals surface area contributed by atoms with Crippen LogP contribution in [0.1, 0.15) is 26.5 Å². The lowest BCUT2D eigenvalue weighted by Crippen LogP contribution is -2.16. The third-order valence-electron chi connectivity index (χ3n) is 3.88. The smallest absolute Gasteiger partial charge is 0.337 e. The van der Waals surface area contributed by atoms with Gasteiger partial charge in [0.25, 0.3) is 5.91 Å². The Balaban J connectivity index is 2.14. The molecule has 26 heavy (non-hydrogen) atoms. The quantitative estimate of drug-likeness (QED) is 0.523. The number of thiazole rings is 1. The molecule has 0 fully saturated rings. The molecule has 8 heteroatoms. The SMILES string of the molecule is C#CCn1c(=NC(=O)c2cc(C)n(C)n2)sc2cc(C(=O)OC)ccc21. The van der Waals surface area contributed by atoms with Crippen LogP contribution in [-0.2, 0) is 18.3 Å². The molecular weight excluding hydrogens is 352 g/mol. The zero-order valence-electron chi connectivity index (χ0n) is 14.5. The summed E-state index contributed by atoms with van der Waals surface area (Å²) in [7, 11) is 3.09. The summed E-state index contributed by atoms with van der Waals surface area (Å²) in [5.74, 6) is 1.69. The van der Waals surface area contributed by atoms with E-state index in [2.05, 4.69) is 16.0 Å². The van der Waals surface area contributed by atoms with Crippen molar-refractivity contribution in [2.45, 2.75) is 13.5 Å². The Bertz CT molecular complexity index is 1110. The molecule has 132 valence electrons. The number of terminal acetylenes is 1. The van der Waals surface area contributed by atoms with Crippen LogP contribution in [0.3, 0.4) is 0 Å². The topological polar surface area (TPSA) is 78.5 Å². The Morgan fingerprint density at radius 1 is 1.38 bits per heavy atom. The van der Waals surface area contributed by atoms with Gasteiger partial charge in [0.2, 0.25) is 0 Å². The molecule has 0 N–H and O–H groups in total. The number of amides is 1. The number of benzene rings is 1. The van der Waals surface area contributed by atoms with Crippen molar-refractivity contribution in [1.29, 1.82) is 0 Å². The van der Waals surface area contributed by atoms with Crippen LogP contribution in [-0.4, -0.2) is 33.3 Å². The number of fused-ring (bicyclic) bond motifs is 1. The molecule has 7 nitrogen and oxygen atoms in total. The van der Waals surface area contributed by atoms with Crippen LogP contribution in [0.15, 0.2) is 29.3 Å². The van der Waals surface area contributed by atoms with Gasteiger partial charge in [0.05, 0.1) is 29.4 Å². The second-order valence-corrected chi connectivity index (χ2v) is 6.57. The number of carbonyl (C=O) groups excluding carboxylic acids is 2. The fourth-order valence-corrected chi connectivity index (χ4v) is 3.52. The number of hydrogen-bond acceptors (Lipinski definition) is 5. The van der Waals surface area contributed by atoms with Gasteiger partial charge in [0.1, 0.15) is 0 Å². The van der Waals surface area contributed by atoms with Crippen molar-refractivity contribution in [3.8, 4) is 12.3 Å². The summed E-state index contributed by atoms with van der Waals surface area (Å²) < 4.78 is 8.90. The van der Waals surface area contributed by atoms with Crippen LogP contribution in [0.2, 0.25) is 0 Å². The second kappa shape index (κ2) is 6.98. The lowest BCUT2D eigenvalue weighted by atomic mass is 10.2. The van der Waals surface area contributed by atoms with Gasteiger partial charge >= 0.3 is 5.97 Å². The van der Waals surface area contributed by atoms with Gasteiger partial charge in [-0.2, -0.15) is 10.1 Å². The fraction of sp³-hybridized carbons (Fsp3) is 0.222. The molecule has 1 amide bonds. The molecule has 0 saturated carbocycles. The standard InChI is InChI=1S/C18H16N4O3S/c1-5-8-22-14-7-6-12(17(24)25-4)10-15(14)26-18(22)19-16(23)13-9-11(2)21(3)20-13/h1,6-7,9-10H,8H2,2-4H3. The molecule has 3 rings (SSSR count). The summed E-state index contributed by atoms with van der Waals surface area (Å²) in [6.07, 6.45) is 5.46. The van der Waals surface area contributed by atoms with Gasteiger partial charge in [0, 0.05) is 12.7 Å². The normalized spacial score (nSPS) is 11.5. The molecule has 0 radical (unpaired) electrons. The average molecular weight is 368 g/mol. The first-order valence-corrected chi connectivity index (χ1v) is 8.51. The monoisotopic (exact) mass is 368 g/mol. The average Bonchev–Trinajstić information content (AvgIpc) is 3.14. The molecule has 0 bridgehead atoms. The minimum Gasteiger partial charge on any atom is -0.465 e. The third kappa shape index (κ3) is 3.17. The number of aryl methyl sites for hydroxylation is 2. The van der Waals surface area contributed by atoms with Crippen LogP contribution in [0.5, 0.6) is 0 Å². The molecule has 2 aromatic heterocycles. The van der Waals surface area contributed by atoms with E-state index in [1.54, 1.807) is 40.6 Å². The van der Waals surface area contributed by atoms with Crippen molar-refractivity contribution in [2.24, 2.45) is 12.0 Å². The maximum absolute atomic E-state index is 12.5. The molecule has 0 aliphatic rings. The molecule has 0 atom stereocenters. The van der Waals surface area contributed by atoms with Gasteiger partial charge in [0.15, 0.2) is 10.5 Å². The minimum absolute atomic E-state index is 0.255. The van der Waals surface area contributed by atoms with E-state index < -0.39 is 11.9 Å². The number of methoxy groups -OCH3 is 1. The first-order valence-electron chi connectivity index (χ1n) is 7.69. The van der Waals surface area contributed by atoms with Crippen LogP contribution in [0.25, 0.3) is 10.2 Å². The lowest BCUT2D eigenvalue weighted by molar-refractivity contribution is 0.0601. The third-order valence-corrected chi connectivity index (χ3v) is 4.92. The number of aromatic nitrogens is 3. The van der Waals surface area contributed by atoms with E-state index in [0.717, 1.165) is 15.9 Å². The van der Waals surface area contributed by atoms with Crippen LogP contribution >= 0.6 is 11.3 Å². The van der Waals surface area contributed by atoms with Gasteiger partial charge in [-0.25, -0.2) is 4.79 Å². The van der Waals surface area contributed by atoms with Crippen LogP contribution in [0.4, 0.5) is 0 Å². The number of ether oxygens (including phenoxy) is 1. The second-order valence-electron chi connectivity index (χ2n) is 5.56. The van der Waals surface area contributed by atoms with Crippen LogP contribution in [0, 0.1) is 19.3 Å². The van der Waals surface area contributed by atoms with Crippen molar-refractivity contribution in [1.82, 2.24) is 14.3 Å².